The molecule has 10 heteroatoms. The number of benzene rings is 1. The molecule has 25 heavy (non-hydrogen) atoms. The monoisotopic (exact) mass is 376 g/mol. The highest BCUT2D eigenvalue weighted by molar-refractivity contribution is 5.91. The summed E-state index contributed by atoms with van der Waals surface area (Å²) in [6.07, 6.45) is -15.0. The van der Waals surface area contributed by atoms with E-state index >= 15 is 0 Å². The summed E-state index contributed by atoms with van der Waals surface area (Å²) < 4.78 is 95.0. The number of alkyl halides is 7. The minimum Gasteiger partial charge on any atom is -0.462 e. The first-order valence-electron chi connectivity index (χ1n) is 6.98. The first-order valence-corrected chi connectivity index (χ1v) is 6.98. The minimum absolute atomic E-state index is 0.118. The summed E-state index contributed by atoms with van der Waals surface area (Å²) in [7, 11) is 0. The van der Waals surface area contributed by atoms with E-state index in [1.54, 1.807) is 0 Å². The quantitative estimate of drug-likeness (QED) is 0.616. The van der Waals surface area contributed by atoms with E-state index in [1.807, 2.05) is 0 Å². The van der Waals surface area contributed by atoms with Crippen molar-refractivity contribution >= 4 is 5.97 Å². The molecule has 1 aromatic carbocycles. The van der Waals surface area contributed by atoms with Gasteiger partial charge in [-0.25, -0.2) is 9.18 Å². The Labute approximate surface area is 138 Å². The van der Waals surface area contributed by atoms with E-state index in [9.17, 15) is 40.6 Å². The van der Waals surface area contributed by atoms with Gasteiger partial charge in [0.25, 0.3) is 0 Å². The fraction of sp³-hybridized carbons (Fsp3) is 0.533. The molecule has 0 heterocycles. The fourth-order valence-corrected chi connectivity index (χ4v) is 2.27. The Morgan fingerprint density at radius 2 is 1.52 bits per heavy atom. The predicted molar refractivity (Wildman–Crippen MR) is 72.5 cm³/mol. The molecule has 0 aliphatic heterocycles. The van der Waals surface area contributed by atoms with Crippen LogP contribution in [0.25, 0.3) is 0 Å². The molecule has 0 aliphatic carbocycles. The molecular weight excluding hydrogens is 361 g/mol. The van der Waals surface area contributed by atoms with Crippen LogP contribution in [-0.4, -0.2) is 35.7 Å². The van der Waals surface area contributed by atoms with Gasteiger partial charge in [-0.05, 0) is 25.5 Å². The van der Waals surface area contributed by atoms with Crippen LogP contribution in [0.15, 0.2) is 24.3 Å². The number of hydrogen-bond donors (Lipinski definition) is 1. The number of halogens is 7. The van der Waals surface area contributed by atoms with Crippen LogP contribution in [0.3, 0.4) is 0 Å². The van der Waals surface area contributed by atoms with Gasteiger partial charge in [-0.15, -0.1) is 0 Å². The Kier molecular flexibility index (Phi) is 5.78. The highest BCUT2D eigenvalue weighted by Crippen LogP contribution is 2.52. The highest BCUT2D eigenvalue weighted by Gasteiger charge is 2.73. The maximum Gasteiger partial charge on any atom is 0.431 e. The van der Waals surface area contributed by atoms with Crippen molar-refractivity contribution in [2.24, 2.45) is 0 Å². The first kappa shape index (κ1) is 21.2. The predicted octanol–water partition coefficient (Wildman–Crippen LogP) is 4.29. The second-order valence-corrected chi connectivity index (χ2v) is 5.51. The van der Waals surface area contributed by atoms with Gasteiger partial charge < -0.3 is 9.84 Å². The summed E-state index contributed by atoms with van der Waals surface area (Å²) in [4.78, 5) is 11.8. The van der Waals surface area contributed by atoms with Gasteiger partial charge in [-0.1, -0.05) is 18.2 Å². The minimum atomic E-state index is -6.31. The smallest absolute Gasteiger partial charge is 0.431 e. The van der Waals surface area contributed by atoms with Crippen molar-refractivity contribution in [1.82, 2.24) is 0 Å². The fourth-order valence-electron chi connectivity index (χ4n) is 2.27. The Bertz CT molecular complexity index is 606. The number of esters is 1. The molecule has 0 amide bonds. The lowest BCUT2D eigenvalue weighted by Gasteiger charge is -2.36. The SMILES string of the molecule is CCOC(=O)c1ccccc1C(C)(O)CC(F)(C(F)(F)F)C(F)(F)F. The maximum atomic E-state index is 13.9. The summed E-state index contributed by atoms with van der Waals surface area (Å²) >= 11 is 0. The highest BCUT2D eigenvalue weighted by atomic mass is 19.4. The topological polar surface area (TPSA) is 46.5 Å². The molecule has 0 bridgehead atoms. The lowest BCUT2D eigenvalue weighted by molar-refractivity contribution is -0.352. The normalized spacial score (nSPS) is 15.6. The second-order valence-electron chi connectivity index (χ2n) is 5.51. The van der Waals surface area contributed by atoms with E-state index in [1.165, 1.54) is 19.1 Å². The van der Waals surface area contributed by atoms with Gasteiger partial charge in [-0.3, -0.25) is 0 Å². The van der Waals surface area contributed by atoms with E-state index < -0.39 is 47.1 Å². The molecule has 1 unspecified atom stereocenters. The van der Waals surface area contributed by atoms with Crippen LogP contribution < -0.4 is 0 Å². The van der Waals surface area contributed by atoms with Crippen molar-refractivity contribution in [3.05, 3.63) is 35.4 Å². The van der Waals surface area contributed by atoms with Gasteiger partial charge in [-0.2, -0.15) is 26.3 Å². The molecule has 0 aliphatic rings. The zero-order valence-corrected chi connectivity index (χ0v) is 13.1. The number of aliphatic hydroxyl groups is 1. The molecular formula is C15H15F7O3. The van der Waals surface area contributed by atoms with Crippen LogP contribution in [0.1, 0.15) is 36.2 Å². The van der Waals surface area contributed by atoms with Gasteiger partial charge in [0, 0.05) is 6.42 Å². The van der Waals surface area contributed by atoms with Crippen molar-refractivity contribution in [2.75, 3.05) is 6.61 Å². The van der Waals surface area contributed by atoms with Gasteiger partial charge in [0.1, 0.15) is 0 Å². The van der Waals surface area contributed by atoms with Gasteiger partial charge in [0.05, 0.1) is 17.8 Å². The summed E-state index contributed by atoms with van der Waals surface area (Å²) in [6, 6.07) is 4.41. The Balaban J connectivity index is 3.41. The van der Waals surface area contributed by atoms with Crippen LogP contribution in [-0.2, 0) is 10.3 Å². The average molecular weight is 376 g/mol. The molecule has 0 spiro atoms. The summed E-state index contributed by atoms with van der Waals surface area (Å²) in [5.41, 5.74) is -9.68. The Morgan fingerprint density at radius 1 is 1.04 bits per heavy atom. The number of rotatable bonds is 5. The van der Waals surface area contributed by atoms with Crippen molar-refractivity contribution < 1.29 is 45.4 Å². The molecule has 1 N–H and O–H groups in total. The van der Waals surface area contributed by atoms with E-state index in [0.717, 1.165) is 12.1 Å². The van der Waals surface area contributed by atoms with Crippen LogP contribution in [0.2, 0.25) is 0 Å². The summed E-state index contributed by atoms with van der Waals surface area (Å²) in [5.74, 6) is -1.07. The first-order chi connectivity index (χ1) is 11.2. The van der Waals surface area contributed by atoms with Crippen LogP contribution >= 0.6 is 0 Å². The third kappa shape index (κ3) is 4.23. The van der Waals surface area contributed by atoms with Crippen LogP contribution in [0.4, 0.5) is 30.7 Å². The van der Waals surface area contributed by atoms with Crippen molar-refractivity contribution in [1.29, 1.82) is 0 Å². The maximum absolute atomic E-state index is 13.9. The molecule has 0 radical (unpaired) electrons. The third-order valence-electron chi connectivity index (χ3n) is 3.49. The molecule has 0 fully saturated rings. The molecule has 0 aromatic heterocycles. The van der Waals surface area contributed by atoms with Gasteiger partial charge in [0.2, 0.25) is 0 Å². The lowest BCUT2D eigenvalue weighted by atomic mass is 9.81. The number of carbonyl (C=O) groups is 1. The van der Waals surface area contributed by atoms with Crippen LogP contribution in [0.5, 0.6) is 0 Å². The molecule has 142 valence electrons. The average Bonchev–Trinajstić information content (AvgIpc) is 2.44. The van der Waals surface area contributed by atoms with Crippen molar-refractivity contribution in [3.63, 3.8) is 0 Å². The third-order valence-corrected chi connectivity index (χ3v) is 3.49. The van der Waals surface area contributed by atoms with E-state index in [-0.39, 0.29) is 6.61 Å². The van der Waals surface area contributed by atoms with E-state index in [0.29, 0.717) is 6.92 Å². The molecule has 1 rings (SSSR count). The summed E-state index contributed by atoms with van der Waals surface area (Å²) in [6.45, 7) is 1.88. The molecule has 1 atom stereocenters. The summed E-state index contributed by atoms with van der Waals surface area (Å²) in [5, 5.41) is 10.2. The zero-order valence-electron chi connectivity index (χ0n) is 13.1. The number of carbonyl (C=O) groups excluding carboxylic acids is 1. The van der Waals surface area contributed by atoms with E-state index in [4.69, 9.17) is 0 Å². The molecule has 0 saturated heterocycles. The Morgan fingerprint density at radius 3 is 1.96 bits per heavy atom. The van der Waals surface area contributed by atoms with Crippen molar-refractivity contribution in [3.8, 4) is 0 Å². The largest absolute Gasteiger partial charge is 0.462 e. The standard InChI is InChI=1S/C15H15F7O3/c1-3-25-11(23)9-6-4-5-7-10(9)12(2,24)8-13(16,14(17,18)19)15(20,21)22/h4-7,24H,3,8H2,1-2H3. The second kappa shape index (κ2) is 6.81. The zero-order chi connectivity index (χ0) is 19.7. The van der Waals surface area contributed by atoms with E-state index in [2.05, 4.69) is 4.74 Å². The molecule has 1 aromatic rings. The number of ether oxygens (including phenoxy) is 1. The van der Waals surface area contributed by atoms with Gasteiger partial charge in [0.15, 0.2) is 0 Å². The van der Waals surface area contributed by atoms with Gasteiger partial charge >= 0.3 is 24.0 Å². The molecule has 3 nitrogen and oxygen atoms in total. The van der Waals surface area contributed by atoms with Crippen LogP contribution in [0, 0.1) is 0 Å². The van der Waals surface area contributed by atoms with Crippen molar-refractivity contribution in [2.45, 2.75) is 43.9 Å². The Hall–Kier alpha value is -1.84. The number of hydrogen-bond acceptors (Lipinski definition) is 3. The lowest BCUT2D eigenvalue weighted by Crippen LogP contribution is -2.56. The molecule has 0 saturated carbocycles.